The minimum absolute atomic E-state index is 0.0604. The van der Waals surface area contributed by atoms with Crippen LogP contribution in [0.2, 0.25) is 0 Å². The lowest BCUT2D eigenvalue weighted by Crippen LogP contribution is -2.60. The number of aromatic nitrogens is 2. The SMILES string of the molecule is COc1cc(OC)nc(OC(C(=O)O)C(NC(=O)c2ccc([N+](=O)[O-])cc2)(c2ccccc2)c2ccccc2)n1. The maximum Gasteiger partial charge on any atom is 0.348 e. The third-order valence-corrected chi connectivity index (χ3v) is 6.03. The number of nitrogens with zero attached hydrogens (tertiary/aromatic N) is 3. The van der Waals surface area contributed by atoms with Gasteiger partial charge in [0.2, 0.25) is 17.9 Å². The summed E-state index contributed by atoms with van der Waals surface area (Å²) in [6, 6.07) is 22.8. The molecule has 12 heteroatoms. The second kappa shape index (κ2) is 11.9. The van der Waals surface area contributed by atoms with Gasteiger partial charge in [0.05, 0.1) is 25.2 Å². The fraction of sp³-hybridized carbons (Fsp3) is 0.143. The summed E-state index contributed by atoms with van der Waals surface area (Å²) >= 11 is 0. The van der Waals surface area contributed by atoms with Gasteiger partial charge in [0.25, 0.3) is 11.6 Å². The zero-order valence-corrected chi connectivity index (χ0v) is 21.4. The van der Waals surface area contributed by atoms with Gasteiger partial charge in [0.15, 0.2) is 0 Å². The number of methoxy groups -OCH3 is 2. The second-order valence-electron chi connectivity index (χ2n) is 8.37. The standard InChI is InChI=1S/C28H24N4O8/c1-38-22-17-23(39-2)30-27(29-22)40-24(26(34)35)28(19-9-5-3-6-10-19,20-11-7-4-8-12-20)31-25(33)18-13-15-21(16-14-18)32(36)37/h3-17,24H,1-2H3,(H,31,33)(H,34,35). The Morgan fingerprint density at radius 2 is 1.38 bits per heavy atom. The largest absolute Gasteiger partial charge is 0.481 e. The predicted molar refractivity (Wildman–Crippen MR) is 141 cm³/mol. The van der Waals surface area contributed by atoms with Crippen LogP contribution >= 0.6 is 0 Å². The van der Waals surface area contributed by atoms with Crippen LogP contribution in [0.1, 0.15) is 21.5 Å². The van der Waals surface area contributed by atoms with Gasteiger partial charge in [0, 0.05) is 17.7 Å². The first kappa shape index (κ1) is 27.5. The summed E-state index contributed by atoms with van der Waals surface area (Å²) in [6.07, 6.45) is -1.82. The number of carbonyl (C=O) groups is 2. The van der Waals surface area contributed by atoms with E-state index in [4.69, 9.17) is 14.2 Å². The number of benzene rings is 3. The maximum atomic E-state index is 13.7. The summed E-state index contributed by atoms with van der Waals surface area (Å²) in [5.74, 6) is -2.03. The predicted octanol–water partition coefficient (Wildman–Crippen LogP) is 3.61. The summed E-state index contributed by atoms with van der Waals surface area (Å²) in [7, 11) is 2.73. The summed E-state index contributed by atoms with van der Waals surface area (Å²) in [4.78, 5) is 45.4. The van der Waals surface area contributed by atoms with Crippen LogP contribution in [0.25, 0.3) is 0 Å². The number of ether oxygens (including phenoxy) is 3. The molecule has 1 unspecified atom stereocenters. The first-order valence-electron chi connectivity index (χ1n) is 11.8. The summed E-state index contributed by atoms with van der Waals surface area (Å²) in [5, 5.41) is 24.5. The molecule has 4 aromatic rings. The van der Waals surface area contributed by atoms with Gasteiger partial charge in [-0.2, -0.15) is 9.97 Å². The zero-order valence-electron chi connectivity index (χ0n) is 21.4. The van der Waals surface area contributed by atoms with Crippen molar-refractivity contribution in [2.75, 3.05) is 14.2 Å². The van der Waals surface area contributed by atoms with E-state index in [1.807, 2.05) is 0 Å². The molecule has 12 nitrogen and oxygen atoms in total. The van der Waals surface area contributed by atoms with Crippen molar-refractivity contribution in [3.63, 3.8) is 0 Å². The number of hydrogen-bond donors (Lipinski definition) is 2. The number of rotatable bonds is 11. The van der Waals surface area contributed by atoms with Crippen LogP contribution in [-0.2, 0) is 10.3 Å². The summed E-state index contributed by atoms with van der Waals surface area (Å²) in [5.41, 5.74) is -1.24. The first-order valence-corrected chi connectivity index (χ1v) is 11.8. The molecule has 0 radical (unpaired) electrons. The number of carboxylic acid groups (broad SMARTS) is 1. The molecule has 0 aliphatic rings. The van der Waals surface area contributed by atoms with Crippen molar-refractivity contribution in [3.05, 3.63) is 118 Å². The van der Waals surface area contributed by atoms with E-state index in [1.165, 1.54) is 44.6 Å². The summed E-state index contributed by atoms with van der Waals surface area (Å²) in [6.45, 7) is 0. The molecule has 0 aliphatic carbocycles. The molecule has 0 saturated carbocycles. The van der Waals surface area contributed by atoms with Crippen molar-refractivity contribution in [2.45, 2.75) is 11.6 Å². The highest BCUT2D eigenvalue weighted by molar-refractivity contribution is 5.96. The Morgan fingerprint density at radius 3 is 1.80 bits per heavy atom. The smallest absolute Gasteiger partial charge is 0.348 e. The van der Waals surface area contributed by atoms with Gasteiger partial charge in [-0.1, -0.05) is 60.7 Å². The molecule has 0 bridgehead atoms. The molecule has 0 fully saturated rings. The van der Waals surface area contributed by atoms with Crippen molar-refractivity contribution in [1.29, 1.82) is 0 Å². The molecule has 204 valence electrons. The van der Waals surface area contributed by atoms with Gasteiger partial charge in [-0.25, -0.2) is 4.79 Å². The maximum absolute atomic E-state index is 13.7. The number of nitrogens with one attached hydrogen (secondary N) is 1. The second-order valence-corrected chi connectivity index (χ2v) is 8.37. The van der Waals surface area contributed by atoms with Gasteiger partial charge < -0.3 is 24.6 Å². The van der Waals surface area contributed by atoms with Crippen molar-refractivity contribution in [3.8, 4) is 17.8 Å². The van der Waals surface area contributed by atoms with Crippen LogP contribution in [0.15, 0.2) is 91.0 Å². The molecular formula is C28H24N4O8. The minimum Gasteiger partial charge on any atom is -0.481 e. The third kappa shape index (κ3) is 5.65. The van der Waals surface area contributed by atoms with Crippen LogP contribution in [0.5, 0.6) is 17.8 Å². The number of carboxylic acids is 1. The molecular weight excluding hydrogens is 520 g/mol. The monoisotopic (exact) mass is 544 g/mol. The van der Waals surface area contributed by atoms with Crippen LogP contribution in [-0.4, -0.2) is 52.2 Å². The number of amides is 1. The lowest BCUT2D eigenvalue weighted by molar-refractivity contribution is -0.384. The van der Waals surface area contributed by atoms with E-state index in [1.54, 1.807) is 60.7 Å². The summed E-state index contributed by atoms with van der Waals surface area (Å²) < 4.78 is 16.3. The van der Waals surface area contributed by atoms with Crippen molar-refractivity contribution in [2.24, 2.45) is 0 Å². The number of non-ortho nitro benzene ring substituents is 1. The van der Waals surface area contributed by atoms with E-state index in [0.29, 0.717) is 11.1 Å². The van der Waals surface area contributed by atoms with E-state index < -0.39 is 28.4 Å². The van der Waals surface area contributed by atoms with Crippen LogP contribution in [0.3, 0.4) is 0 Å². The Hall–Kier alpha value is -5.52. The van der Waals surface area contributed by atoms with E-state index in [2.05, 4.69) is 15.3 Å². The molecule has 1 aromatic heterocycles. The van der Waals surface area contributed by atoms with Gasteiger partial charge in [-0.15, -0.1) is 0 Å². The number of nitro groups is 1. The highest BCUT2D eigenvalue weighted by Crippen LogP contribution is 2.36. The molecule has 1 atom stereocenters. The zero-order chi connectivity index (χ0) is 28.7. The van der Waals surface area contributed by atoms with E-state index in [-0.39, 0.29) is 29.0 Å². The Labute approximate surface area is 228 Å². The number of carbonyl (C=O) groups excluding carboxylic acids is 1. The molecule has 1 heterocycles. The highest BCUT2D eigenvalue weighted by atomic mass is 16.6. The average Bonchev–Trinajstić information content (AvgIpc) is 2.99. The third-order valence-electron chi connectivity index (χ3n) is 6.03. The Kier molecular flexibility index (Phi) is 8.19. The van der Waals surface area contributed by atoms with Gasteiger partial charge >= 0.3 is 12.0 Å². The molecule has 0 spiro atoms. The van der Waals surface area contributed by atoms with E-state index in [9.17, 15) is 24.8 Å². The molecule has 4 rings (SSSR count). The Bertz CT molecular complexity index is 1440. The van der Waals surface area contributed by atoms with E-state index in [0.717, 1.165) is 0 Å². The number of nitro benzene ring substituents is 1. The fourth-order valence-corrected chi connectivity index (χ4v) is 4.14. The molecule has 40 heavy (non-hydrogen) atoms. The molecule has 2 N–H and O–H groups in total. The molecule has 0 aliphatic heterocycles. The molecule has 0 saturated heterocycles. The van der Waals surface area contributed by atoms with Crippen LogP contribution in [0, 0.1) is 10.1 Å². The average molecular weight is 545 g/mol. The lowest BCUT2D eigenvalue weighted by Gasteiger charge is -2.39. The van der Waals surface area contributed by atoms with Crippen LogP contribution in [0.4, 0.5) is 5.69 Å². The van der Waals surface area contributed by atoms with Crippen molar-refractivity contribution >= 4 is 17.6 Å². The molecule has 1 amide bonds. The highest BCUT2D eigenvalue weighted by Gasteiger charge is 2.50. The van der Waals surface area contributed by atoms with Crippen molar-refractivity contribution in [1.82, 2.24) is 15.3 Å². The lowest BCUT2D eigenvalue weighted by atomic mass is 9.77. The van der Waals surface area contributed by atoms with Gasteiger partial charge in [-0.3, -0.25) is 14.9 Å². The molecule has 3 aromatic carbocycles. The normalized spacial score (nSPS) is 11.7. The van der Waals surface area contributed by atoms with Crippen LogP contribution < -0.4 is 19.5 Å². The fourth-order valence-electron chi connectivity index (χ4n) is 4.14. The van der Waals surface area contributed by atoms with Gasteiger partial charge in [0.1, 0.15) is 5.54 Å². The van der Waals surface area contributed by atoms with E-state index >= 15 is 0 Å². The minimum atomic E-state index is -1.84. The number of hydrogen-bond acceptors (Lipinski definition) is 9. The topological polar surface area (TPSA) is 163 Å². The number of aliphatic carboxylic acids is 1. The quantitative estimate of drug-likeness (QED) is 0.211. The first-order chi connectivity index (χ1) is 19.3. The van der Waals surface area contributed by atoms with Crippen molar-refractivity contribution < 1.29 is 33.8 Å². The Morgan fingerprint density at radius 1 is 0.875 bits per heavy atom. The Balaban J connectivity index is 1.92. The van der Waals surface area contributed by atoms with Gasteiger partial charge in [-0.05, 0) is 23.3 Å².